The highest BCUT2D eigenvalue weighted by molar-refractivity contribution is 6.31. The smallest absolute Gasteiger partial charge is 0.324 e. The second kappa shape index (κ2) is 16.4. The number of nitrogens with zero attached hydrogens (tertiary/aromatic N) is 12. The summed E-state index contributed by atoms with van der Waals surface area (Å²) in [5.41, 5.74) is 8.40. The molecule has 2 N–H and O–H groups in total. The SMILES string of the molecule is NC1CCOCC1.O=[N+]([O-])c1cnc(-c2cnn3ccncc23)nc1CC1CCOCC1.O=[N+]([O-])c1cnc(-c2cnn3ccncc23)nc1Cl. The van der Waals surface area contributed by atoms with Crippen molar-refractivity contribution < 1.29 is 19.3 Å². The third-order valence-corrected chi connectivity index (χ3v) is 8.46. The molecule has 8 rings (SSSR count). The van der Waals surface area contributed by atoms with Crippen LogP contribution in [0.1, 0.15) is 31.4 Å². The van der Waals surface area contributed by atoms with Gasteiger partial charge in [0, 0.05) is 57.3 Å². The molecule has 2 aliphatic rings. The van der Waals surface area contributed by atoms with E-state index in [1.165, 1.54) is 6.20 Å². The number of rotatable bonds is 6. The highest BCUT2D eigenvalue weighted by atomic mass is 35.5. The Balaban J connectivity index is 0.000000151. The van der Waals surface area contributed by atoms with Gasteiger partial charge in [-0.3, -0.25) is 30.2 Å². The van der Waals surface area contributed by atoms with Gasteiger partial charge in [-0.1, -0.05) is 11.6 Å². The molecule has 2 fully saturated rings. The molecule has 0 amide bonds. The lowest BCUT2D eigenvalue weighted by molar-refractivity contribution is -0.386. The molecule has 0 bridgehead atoms. The molecule has 0 aromatic carbocycles. The zero-order chi connectivity index (χ0) is 35.7. The fourth-order valence-corrected chi connectivity index (χ4v) is 5.60. The molecule has 0 aliphatic carbocycles. The summed E-state index contributed by atoms with van der Waals surface area (Å²) in [6, 6.07) is 0.411. The number of fused-ring (bicyclic) bond motifs is 2. The van der Waals surface area contributed by atoms with E-state index in [-0.39, 0.29) is 22.4 Å². The largest absolute Gasteiger partial charge is 0.381 e. The molecule has 19 nitrogen and oxygen atoms in total. The van der Waals surface area contributed by atoms with Gasteiger partial charge in [0.15, 0.2) is 11.6 Å². The lowest BCUT2D eigenvalue weighted by atomic mass is 9.94. The van der Waals surface area contributed by atoms with Gasteiger partial charge in [0.05, 0.1) is 56.8 Å². The molecule has 0 atom stereocenters. The van der Waals surface area contributed by atoms with Gasteiger partial charge >= 0.3 is 11.4 Å². The number of ether oxygens (including phenoxy) is 2. The lowest BCUT2D eigenvalue weighted by Crippen LogP contribution is -2.28. The van der Waals surface area contributed by atoms with Crippen molar-refractivity contribution in [1.29, 1.82) is 0 Å². The topological polar surface area (TPSA) is 243 Å². The summed E-state index contributed by atoms with van der Waals surface area (Å²) >= 11 is 5.76. The van der Waals surface area contributed by atoms with Gasteiger partial charge in [-0.15, -0.1) is 0 Å². The lowest BCUT2D eigenvalue weighted by Gasteiger charge is -2.21. The van der Waals surface area contributed by atoms with E-state index in [1.54, 1.807) is 58.6 Å². The Morgan fingerprint density at radius 2 is 1.25 bits per heavy atom. The van der Waals surface area contributed by atoms with Gasteiger partial charge in [-0.2, -0.15) is 10.2 Å². The summed E-state index contributed by atoms with van der Waals surface area (Å²) < 4.78 is 13.7. The Kier molecular flexibility index (Phi) is 11.3. The second-order valence-corrected chi connectivity index (χ2v) is 11.9. The third kappa shape index (κ3) is 8.58. The van der Waals surface area contributed by atoms with Crippen molar-refractivity contribution >= 4 is 34.0 Å². The minimum atomic E-state index is -0.635. The van der Waals surface area contributed by atoms with Crippen LogP contribution in [0.15, 0.2) is 62.0 Å². The second-order valence-electron chi connectivity index (χ2n) is 11.5. The first-order valence-electron chi connectivity index (χ1n) is 15.9. The Labute approximate surface area is 294 Å². The number of hydrogen-bond acceptors (Lipinski definition) is 15. The van der Waals surface area contributed by atoms with E-state index in [0.717, 1.165) is 50.6 Å². The van der Waals surface area contributed by atoms with Crippen LogP contribution in [0.2, 0.25) is 5.15 Å². The maximum Gasteiger partial charge on any atom is 0.324 e. The fourth-order valence-electron chi connectivity index (χ4n) is 5.40. The Bertz CT molecular complexity index is 2130. The zero-order valence-corrected chi connectivity index (χ0v) is 27.8. The van der Waals surface area contributed by atoms with Gasteiger partial charge in [0.1, 0.15) is 18.1 Å². The molecule has 20 heteroatoms. The monoisotopic (exact) mass is 717 g/mol. The van der Waals surface area contributed by atoms with Crippen LogP contribution < -0.4 is 5.73 Å². The summed E-state index contributed by atoms with van der Waals surface area (Å²) in [6.45, 7) is 3.11. The highest BCUT2D eigenvalue weighted by Crippen LogP contribution is 2.28. The van der Waals surface area contributed by atoms with Crippen LogP contribution in [0.4, 0.5) is 11.4 Å². The third-order valence-electron chi connectivity index (χ3n) is 8.18. The number of halogens is 1. The van der Waals surface area contributed by atoms with Crippen molar-refractivity contribution in [3.05, 3.63) is 93.0 Å². The van der Waals surface area contributed by atoms with E-state index in [2.05, 4.69) is 40.1 Å². The first kappa shape index (κ1) is 35.2. The van der Waals surface area contributed by atoms with Crippen molar-refractivity contribution in [2.45, 2.75) is 38.1 Å². The fraction of sp³-hybridized carbons (Fsp3) is 0.355. The average Bonchev–Trinajstić information content (AvgIpc) is 3.78. The number of hydrogen-bond donors (Lipinski definition) is 1. The first-order chi connectivity index (χ1) is 24.8. The van der Waals surface area contributed by atoms with E-state index >= 15 is 0 Å². The minimum Gasteiger partial charge on any atom is -0.381 e. The first-order valence-corrected chi connectivity index (χ1v) is 16.3. The Hall–Kier alpha value is -5.63. The van der Waals surface area contributed by atoms with Crippen LogP contribution in [-0.4, -0.2) is 91.4 Å². The molecule has 0 radical (unpaired) electrons. The standard InChI is InChI=1S/C16H16N6O3.C10H5ClN6O2.C5H11NO/c23-22(24)15-10-18-16(12-8-19-21-4-3-17-9-14(12)21)20-13(15)7-11-1-5-25-6-2-11;11-9-8(17(18)19)5-13-10(15-9)6-3-14-16-2-1-12-4-7(6)16;6-5-1-3-7-4-2-5/h3-4,8-11H,1-2,5-7H2;1-5H;5H,1-4,6H2. The molecule has 6 aromatic rings. The van der Waals surface area contributed by atoms with Crippen LogP contribution >= 0.6 is 11.6 Å². The quantitative estimate of drug-likeness (QED) is 0.146. The molecule has 8 heterocycles. The molecule has 0 unspecified atom stereocenters. The van der Waals surface area contributed by atoms with E-state index in [1.807, 2.05) is 0 Å². The molecule has 2 aliphatic heterocycles. The van der Waals surface area contributed by atoms with Crippen molar-refractivity contribution in [3.63, 3.8) is 0 Å². The zero-order valence-electron chi connectivity index (χ0n) is 27.1. The van der Waals surface area contributed by atoms with Crippen LogP contribution in [0, 0.1) is 26.1 Å². The summed E-state index contributed by atoms with van der Waals surface area (Å²) in [5, 5.41) is 30.1. The Morgan fingerprint density at radius 3 is 1.75 bits per heavy atom. The molecule has 264 valence electrons. The van der Waals surface area contributed by atoms with Crippen molar-refractivity contribution in [2.24, 2.45) is 11.7 Å². The summed E-state index contributed by atoms with van der Waals surface area (Å²) in [7, 11) is 0. The van der Waals surface area contributed by atoms with Crippen LogP contribution in [0.25, 0.3) is 33.8 Å². The summed E-state index contributed by atoms with van der Waals surface area (Å²) in [5.74, 6) is 1.02. The van der Waals surface area contributed by atoms with Gasteiger partial charge in [-0.25, -0.2) is 29.0 Å². The molecular formula is C31H32ClN13O6. The molecule has 0 spiro atoms. The van der Waals surface area contributed by atoms with Crippen LogP contribution in [0.3, 0.4) is 0 Å². The molecule has 2 saturated heterocycles. The van der Waals surface area contributed by atoms with E-state index in [9.17, 15) is 20.2 Å². The maximum atomic E-state index is 11.3. The summed E-state index contributed by atoms with van der Waals surface area (Å²) in [6.07, 6.45) is 19.9. The normalized spacial score (nSPS) is 15.1. The van der Waals surface area contributed by atoms with E-state index in [0.29, 0.717) is 59.8 Å². The Morgan fingerprint density at radius 1 is 0.745 bits per heavy atom. The number of aromatic nitrogens is 10. The number of nitro groups is 2. The molecule has 0 saturated carbocycles. The highest BCUT2D eigenvalue weighted by Gasteiger charge is 2.24. The predicted octanol–water partition coefficient (Wildman–Crippen LogP) is 3.94. The van der Waals surface area contributed by atoms with E-state index < -0.39 is 9.85 Å². The molecule has 51 heavy (non-hydrogen) atoms. The maximum absolute atomic E-state index is 11.3. The van der Waals surface area contributed by atoms with Crippen molar-refractivity contribution in [3.8, 4) is 22.8 Å². The molecule has 6 aromatic heterocycles. The van der Waals surface area contributed by atoms with Gasteiger partial charge < -0.3 is 15.2 Å². The molecular weight excluding hydrogens is 686 g/mol. The van der Waals surface area contributed by atoms with Crippen LogP contribution in [-0.2, 0) is 15.9 Å². The average molecular weight is 718 g/mol. The van der Waals surface area contributed by atoms with Crippen LogP contribution in [0.5, 0.6) is 0 Å². The predicted molar refractivity (Wildman–Crippen MR) is 182 cm³/mol. The van der Waals surface area contributed by atoms with Gasteiger partial charge in [0.25, 0.3) is 0 Å². The number of nitrogens with two attached hydrogens (primary N) is 1. The van der Waals surface area contributed by atoms with Gasteiger partial charge in [-0.05, 0) is 38.0 Å². The van der Waals surface area contributed by atoms with E-state index in [4.69, 9.17) is 26.8 Å². The van der Waals surface area contributed by atoms with Crippen molar-refractivity contribution in [2.75, 3.05) is 26.4 Å². The minimum absolute atomic E-state index is 0.0372. The van der Waals surface area contributed by atoms with Gasteiger partial charge in [0.2, 0.25) is 5.15 Å². The van der Waals surface area contributed by atoms with Crippen molar-refractivity contribution in [1.82, 2.24) is 49.1 Å². The summed E-state index contributed by atoms with van der Waals surface area (Å²) in [4.78, 5) is 45.6.